The molecule has 0 radical (unpaired) electrons. The topological polar surface area (TPSA) is 58.3 Å². The molecule has 0 aliphatic heterocycles. The molecule has 3 heteroatoms. The maximum atomic E-state index is 9.05. The Hall–Kier alpha value is -0.120. The maximum absolute atomic E-state index is 9.05. The van der Waals surface area contributed by atoms with Gasteiger partial charge in [0, 0.05) is 18.6 Å². The van der Waals surface area contributed by atoms with E-state index in [4.69, 9.17) is 10.9 Å². The van der Waals surface area contributed by atoms with E-state index in [0.29, 0.717) is 0 Å². The Labute approximate surface area is 61.6 Å². The van der Waals surface area contributed by atoms with Crippen LogP contribution >= 0.6 is 0 Å². The van der Waals surface area contributed by atoms with Crippen LogP contribution in [0, 0.1) is 5.41 Å². The molecule has 1 aliphatic rings. The Kier molecular flexibility index (Phi) is 2.65. The molecular weight excluding hydrogens is 128 g/mol. The fraction of sp³-hybridized carbons (Fsp3) is 1.00. The smallest absolute Gasteiger partial charge is 0.0500 e. The fourth-order valence-electron chi connectivity index (χ4n) is 1.73. The largest absolute Gasteiger partial charge is 0.396 e. The van der Waals surface area contributed by atoms with Crippen molar-refractivity contribution in [1.82, 2.24) is 5.43 Å². The highest BCUT2D eigenvalue weighted by Gasteiger charge is 2.32. The third-order valence-electron chi connectivity index (χ3n) is 2.48. The van der Waals surface area contributed by atoms with Crippen molar-refractivity contribution in [2.75, 3.05) is 13.2 Å². The molecule has 3 nitrogen and oxygen atoms in total. The summed E-state index contributed by atoms with van der Waals surface area (Å²) in [6, 6.07) is 0. The molecule has 0 aromatic heterocycles. The lowest BCUT2D eigenvalue weighted by molar-refractivity contribution is 0.128. The van der Waals surface area contributed by atoms with Gasteiger partial charge in [0.1, 0.15) is 0 Å². The van der Waals surface area contributed by atoms with Crippen LogP contribution in [-0.2, 0) is 0 Å². The summed E-state index contributed by atoms with van der Waals surface area (Å²) in [5.74, 6) is 5.21. The first kappa shape index (κ1) is 7.98. The summed E-state index contributed by atoms with van der Waals surface area (Å²) in [5.41, 5.74) is 2.75. The van der Waals surface area contributed by atoms with Gasteiger partial charge in [0.2, 0.25) is 0 Å². The molecule has 1 saturated carbocycles. The molecule has 1 rings (SSSR count). The molecule has 1 aliphatic carbocycles. The summed E-state index contributed by atoms with van der Waals surface area (Å²) in [4.78, 5) is 0. The third kappa shape index (κ3) is 1.48. The number of hydrazine groups is 1. The van der Waals surface area contributed by atoms with Crippen LogP contribution < -0.4 is 11.3 Å². The lowest BCUT2D eigenvalue weighted by Crippen LogP contribution is -2.38. The maximum Gasteiger partial charge on any atom is 0.0500 e. The third-order valence-corrected chi connectivity index (χ3v) is 2.48. The van der Waals surface area contributed by atoms with Crippen molar-refractivity contribution in [1.29, 1.82) is 0 Å². The van der Waals surface area contributed by atoms with Crippen molar-refractivity contribution >= 4 is 0 Å². The molecule has 0 atom stereocenters. The van der Waals surface area contributed by atoms with E-state index in [1.54, 1.807) is 0 Å². The molecule has 0 spiro atoms. The first-order valence-electron chi connectivity index (χ1n) is 3.87. The number of aliphatic hydroxyl groups excluding tert-OH is 1. The van der Waals surface area contributed by atoms with Crippen LogP contribution in [0.15, 0.2) is 0 Å². The highest BCUT2D eigenvalue weighted by atomic mass is 16.3. The van der Waals surface area contributed by atoms with Gasteiger partial charge in [-0.1, -0.05) is 12.8 Å². The molecule has 0 unspecified atom stereocenters. The van der Waals surface area contributed by atoms with Crippen molar-refractivity contribution in [3.63, 3.8) is 0 Å². The second kappa shape index (κ2) is 3.32. The first-order valence-corrected chi connectivity index (χ1v) is 3.87. The SMILES string of the molecule is NNCC1(CO)CCCC1. The van der Waals surface area contributed by atoms with Crippen LogP contribution in [0.3, 0.4) is 0 Å². The average molecular weight is 144 g/mol. The number of hydrogen-bond donors (Lipinski definition) is 3. The van der Waals surface area contributed by atoms with Crippen LogP contribution in [0.5, 0.6) is 0 Å². The van der Waals surface area contributed by atoms with Crippen molar-refractivity contribution < 1.29 is 5.11 Å². The van der Waals surface area contributed by atoms with Crippen LogP contribution in [0.4, 0.5) is 0 Å². The van der Waals surface area contributed by atoms with Gasteiger partial charge in [0.05, 0.1) is 0 Å². The van der Waals surface area contributed by atoms with Gasteiger partial charge in [-0.3, -0.25) is 11.3 Å². The summed E-state index contributed by atoms with van der Waals surface area (Å²) in [6.45, 7) is 1.03. The summed E-state index contributed by atoms with van der Waals surface area (Å²) in [7, 11) is 0. The Morgan fingerprint density at radius 3 is 2.40 bits per heavy atom. The van der Waals surface area contributed by atoms with Crippen molar-refractivity contribution in [3.8, 4) is 0 Å². The summed E-state index contributed by atoms with van der Waals surface area (Å²) in [5, 5.41) is 9.05. The van der Waals surface area contributed by atoms with Crippen molar-refractivity contribution in [3.05, 3.63) is 0 Å². The normalized spacial score (nSPS) is 23.4. The van der Waals surface area contributed by atoms with Gasteiger partial charge in [-0.25, -0.2) is 0 Å². The minimum Gasteiger partial charge on any atom is -0.396 e. The van der Waals surface area contributed by atoms with Gasteiger partial charge in [-0.15, -0.1) is 0 Å². The predicted octanol–water partition coefficient (Wildman–Crippen LogP) is 0.00240. The quantitative estimate of drug-likeness (QED) is 0.386. The zero-order chi connectivity index (χ0) is 7.45. The van der Waals surface area contributed by atoms with E-state index in [-0.39, 0.29) is 12.0 Å². The summed E-state index contributed by atoms with van der Waals surface area (Å²) in [6.07, 6.45) is 4.71. The summed E-state index contributed by atoms with van der Waals surface area (Å²) < 4.78 is 0. The Bertz CT molecular complexity index is 99.8. The molecule has 0 bridgehead atoms. The number of aliphatic hydroxyl groups is 1. The van der Waals surface area contributed by atoms with Crippen LogP contribution in [0.25, 0.3) is 0 Å². The number of nitrogens with two attached hydrogens (primary N) is 1. The number of hydrogen-bond acceptors (Lipinski definition) is 3. The second-order valence-corrected chi connectivity index (χ2v) is 3.25. The molecule has 0 heterocycles. The van der Waals surface area contributed by atoms with Crippen LogP contribution in [-0.4, -0.2) is 18.3 Å². The second-order valence-electron chi connectivity index (χ2n) is 3.25. The highest BCUT2D eigenvalue weighted by Crippen LogP contribution is 2.36. The summed E-state index contributed by atoms with van der Waals surface area (Å²) >= 11 is 0. The van der Waals surface area contributed by atoms with E-state index < -0.39 is 0 Å². The lowest BCUT2D eigenvalue weighted by Gasteiger charge is -2.25. The molecule has 0 saturated heterocycles. The fourth-order valence-corrected chi connectivity index (χ4v) is 1.73. The predicted molar refractivity (Wildman–Crippen MR) is 40.2 cm³/mol. The standard InChI is InChI=1S/C7H16N2O/c8-9-5-7(6-10)3-1-2-4-7/h9-10H,1-6,8H2. The molecule has 1 fully saturated rings. The molecule has 60 valence electrons. The van der Waals surface area contributed by atoms with E-state index in [1.165, 1.54) is 12.8 Å². The number of rotatable bonds is 3. The van der Waals surface area contributed by atoms with Gasteiger partial charge < -0.3 is 5.11 Å². The van der Waals surface area contributed by atoms with E-state index in [9.17, 15) is 0 Å². The molecular formula is C7H16N2O. The number of nitrogens with one attached hydrogen (secondary N) is 1. The van der Waals surface area contributed by atoms with Crippen LogP contribution in [0.1, 0.15) is 25.7 Å². The van der Waals surface area contributed by atoms with E-state index in [0.717, 1.165) is 19.4 Å². The Morgan fingerprint density at radius 2 is 2.00 bits per heavy atom. The lowest BCUT2D eigenvalue weighted by atomic mass is 9.87. The zero-order valence-electron chi connectivity index (χ0n) is 6.27. The van der Waals surface area contributed by atoms with Gasteiger partial charge in [-0.2, -0.15) is 0 Å². The minimum absolute atomic E-state index is 0.106. The molecule has 0 aromatic carbocycles. The molecule has 0 amide bonds. The van der Waals surface area contributed by atoms with E-state index in [1.807, 2.05) is 0 Å². The minimum atomic E-state index is 0.106. The Balaban J connectivity index is 2.41. The van der Waals surface area contributed by atoms with Gasteiger partial charge in [0.25, 0.3) is 0 Å². The zero-order valence-corrected chi connectivity index (χ0v) is 6.27. The monoisotopic (exact) mass is 144 g/mol. The van der Waals surface area contributed by atoms with Gasteiger partial charge in [0.15, 0.2) is 0 Å². The van der Waals surface area contributed by atoms with E-state index >= 15 is 0 Å². The molecule has 0 aromatic rings. The van der Waals surface area contributed by atoms with Crippen LogP contribution in [0.2, 0.25) is 0 Å². The van der Waals surface area contributed by atoms with E-state index in [2.05, 4.69) is 5.43 Å². The van der Waals surface area contributed by atoms with Crippen molar-refractivity contribution in [2.45, 2.75) is 25.7 Å². The molecule has 10 heavy (non-hydrogen) atoms. The van der Waals surface area contributed by atoms with Gasteiger partial charge in [-0.05, 0) is 12.8 Å². The molecule has 4 N–H and O–H groups in total. The highest BCUT2D eigenvalue weighted by molar-refractivity contribution is 4.85. The van der Waals surface area contributed by atoms with Crippen molar-refractivity contribution in [2.24, 2.45) is 11.3 Å². The average Bonchev–Trinajstić information content (AvgIpc) is 2.39. The Morgan fingerprint density at radius 1 is 1.40 bits per heavy atom. The first-order chi connectivity index (χ1) is 4.83. The van der Waals surface area contributed by atoms with Gasteiger partial charge >= 0.3 is 0 Å².